The molecule has 1 aliphatic rings. The van der Waals surface area contributed by atoms with Crippen molar-refractivity contribution in [1.29, 1.82) is 0 Å². The molecule has 8 nitrogen and oxygen atoms in total. The highest BCUT2D eigenvalue weighted by Gasteiger charge is 2.15. The highest BCUT2D eigenvalue weighted by molar-refractivity contribution is 7.99. The van der Waals surface area contributed by atoms with Crippen LogP contribution in [-0.2, 0) is 11.2 Å². The number of nitrogens with zero attached hydrogens (tertiary/aromatic N) is 4. The Hall–Kier alpha value is -3.07. The van der Waals surface area contributed by atoms with E-state index in [1.807, 2.05) is 12.1 Å². The van der Waals surface area contributed by atoms with Crippen molar-refractivity contribution >= 4 is 23.4 Å². The molecule has 1 aromatic heterocycles. The number of ether oxygens (including phenoxy) is 2. The first kappa shape index (κ1) is 20.2. The minimum Gasteiger partial charge on any atom is -0.486 e. The van der Waals surface area contributed by atoms with Crippen LogP contribution in [0.15, 0.2) is 47.6 Å². The topological polar surface area (TPSA) is 91.2 Å². The van der Waals surface area contributed by atoms with Crippen LogP contribution in [0.4, 0.5) is 5.69 Å². The van der Waals surface area contributed by atoms with E-state index in [4.69, 9.17) is 9.47 Å². The molecule has 0 spiro atoms. The number of thioether (sulfide) groups is 1. The van der Waals surface area contributed by atoms with Crippen molar-refractivity contribution in [3.8, 4) is 17.2 Å². The number of nitrogens with one attached hydrogen (secondary N) is 1. The molecule has 1 aliphatic heterocycles. The Balaban J connectivity index is 1.35. The average molecular weight is 426 g/mol. The summed E-state index contributed by atoms with van der Waals surface area (Å²) < 4.78 is 12.7. The Bertz CT molecular complexity index is 1010. The first-order valence-corrected chi connectivity index (χ1v) is 10.9. The van der Waals surface area contributed by atoms with Crippen molar-refractivity contribution in [1.82, 2.24) is 20.2 Å². The second-order valence-electron chi connectivity index (χ2n) is 6.84. The Kier molecular flexibility index (Phi) is 6.48. The third kappa shape index (κ3) is 4.91. The summed E-state index contributed by atoms with van der Waals surface area (Å²) in [6, 6.07) is 13.5. The van der Waals surface area contributed by atoms with E-state index < -0.39 is 0 Å². The molecule has 156 valence electrons. The summed E-state index contributed by atoms with van der Waals surface area (Å²) in [5, 5.41) is 15.3. The van der Waals surface area contributed by atoms with Crippen LogP contribution in [0.25, 0.3) is 5.69 Å². The van der Waals surface area contributed by atoms with E-state index >= 15 is 0 Å². The van der Waals surface area contributed by atoms with Gasteiger partial charge in [-0.25, -0.2) is 0 Å². The zero-order valence-corrected chi connectivity index (χ0v) is 17.5. The van der Waals surface area contributed by atoms with Gasteiger partial charge in [0.05, 0.1) is 11.4 Å². The van der Waals surface area contributed by atoms with Crippen LogP contribution >= 0.6 is 11.8 Å². The predicted molar refractivity (Wildman–Crippen MR) is 115 cm³/mol. The number of benzene rings is 2. The van der Waals surface area contributed by atoms with Gasteiger partial charge in [-0.05, 0) is 53.1 Å². The lowest BCUT2D eigenvalue weighted by molar-refractivity contribution is -0.113. The van der Waals surface area contributed by atoms with Gasteiger partial charge in [0.15, 0.2) is 11.5 Å². The number of tetrazole rings is 1. The number of amides is 1. The van der Waals surface area contributed by atoms with Gasteiger partial charge < -0.3 is 14.8 Å². The number of unbranched alkanes of at least 4 members (excludes halogenated alkanes) is 1. The molecule has 0 fully saturated rings. The maximum atomic E-state index is 12.4. The Labute approximate surface area is 179 Å². The Morgan fingerprint density at radius 1 is 1.13 bits per heavy atom. The van der Waals surface area contributed by atoms with Crippen molar-refractivity contribution in [3.63, 3.8) is 0 Å². The van der Waals surface area contributed by atoms with Crippen molar-refractivity contribution in [2.24, 2.45) is 0 Å². The SMILES string of the molecule is CCCCc1ccc(-n2nnnc2SCC(=O)Nc2ccc3c(c2)OCCO3)cc1. The summed E-state index contributed by atoms with van der Waals surface area (Å²) in [4.78, 5) is 12.4. The zero-order valence-electron chi connectivity index (χ0n) is 16.7. The molecule has 0 aliphatic carbocycles. The molecular formula is C21H23N5O3S. The maximum Gasteiger partial charge on any atom is 0.234 e. The Morgan fingerprint density at radius 2 is 1.93 bits per heavy atom. The molecule has 3 aromatic rings. The molecule has 1 amide bonds. The summed E-state index contributed by atoms with van der Waals surface area (Å²) in [7, 11) is 0. The van der Waals surface area contributed by atoms with E-state index in [9.17, 15) is 4.79 Å². The molecule has 0 bridgehead atoms. The van der Waals surface area contributed by atoms with Gasteiger partial charge in [0, 0.05) is 11.8 Å². The molecule has 4 rings (SSSR count). The number of fused-ring (bicyclic) bond motifs is 1. The fourth-order valence-corrected chi connectivity index (χ4v) is 3.75. The molecule has 0 saturated carbocycles. The lowest BCUT2D eigenvalue weighted by Gasteiger charge is -2.18. The van der Waals surface area contributed by atoms with Crippen molar-refractivity contribution in [3.05, 3.63) is 48.0 Å². The van der Waals surface area contributed by atoms with Gasteiger partial charge >= 0.3 is 0 Å². The molecule has 2 heterocycles. The van der Waals surface area contributed by atoms with Crippen LogP contribution in [0.5, 0.6) is 11.5 Å². The van der Waals surface area contributed by atoms with Gasteiger partial charge in [0.1, 0.15) is 13.2 Å². The lowest BCUT2D eigenvalue weighted by atomic mass is 10.1. The summed E-state index contributed by atoms with van der Waals surface area (Å²) in [6.45, 7) is 3.22. The first-order chi connectivity index (χ1) is 14.7. The molecule has 0 unspecified atom stereocenters. The molecule has 1 N–H and O–H groups in total. The second-order valence-corrected chi connectivity index (χ2v) is 7.78. The zero-order chi connectivity index (χ0) is 20.8. The smallest absolute Gasteiger partial charge is 0.234 e. The molecular weight excluding hydrogens is 402 g/mol. The highest BCUT2D eigenvalue weighted by atomic mass is 32.2. The van der Waals surface area contributed by atoms with Gasteiger partial charge in [-0.15, -0.1) is 5.10 Å². The van der Waals surface area contributed by atoms with Crippen LogP contribution in [0.3, 0.4) is 0 Å². The highest BCUT2D eigenvalue weighted by Crippen LogP contribution is 2.32. The fraction of sp³-hybridized carbons (Fsp3) is 0.333. The van der Waals surface area contributed by atoms with E-state index in [0.717, 1.165) is 12.1 Å². The summed E-state index contributed by atoms with van der Waals surface area (Å²) >= 11 is 1.28. The number of aryl methyl sites for hydroxylation is 1. The van der Waals surface area contributed by atoms with E-state index in [-0.39, 0.29) is 11.7 Å². The predicted octanol–water partition coefficient (Wildman–Crippen LogP) is 3.51. The molecule has 30 heavy (non-hydrogen) atoms. The number of aromatic nitrogens is 4. The third-order valence-electron chi connectivity index (χ3n) is 4.60. The van der Waals surface area contributed by atoms with Gasteiger partial charge in [0.2, 0.25) is 11.1 Å². The van der Waals surface area contributed by atoms with Crippen LogP contribution < -0.4 is 14.8 Å². The second kappa shape index (κ2) is 9.62. The van der Waals surface area contributed by atoms with Crippen LogP contribution in [0.2, 0.25) is 0 Å². The number of anilines is 1. The van der Waals surface area contributed by atoms with E-state index in [0.29, 0.717) is 35.6 Å². The Morgan fingerprint density at radius 3 is 2.73 bits per heavy atom. The van der Waals surface area contributed by atoms with Crippen molar-refractivity contribution < 1.29 is 14.3 Å². The third-order valence-corrected chi connectivity index (χ3v) is 5.52. The van der Waals surface area contributed by atoms with Gasteiger partial charge in [-0.3, -0.25) is 4.79 Å². The molecule has 2 aromatic carbocycles. The first-order valence-electron chi connectivity index (χ1n) is 9.93. The molecule has 0 saturated heterocycles. The number of hydrogen-bond acceptors (Lipinski definition) is 7. The fourth-order valence-electron chi connectivity index (χ4n) is 3.06. The van der Waals surface area contributed by atoms with E-state index in [2.05, 4.69) is 39.9 Å². The number of carbonyl (C=O) groups excluding carboxylic acids is 1. The number of hydrogen-bond donors (Lipinski definition) is 1. The van der Waals surface area contributed by atoms with Crippen LogP contribution in [-0.4, -0.2) is 45.1 Å². The number of carbonyl (C=O) groups is 1. The molecule has 0 atom stereocenters. The van der Waals surface area contributed by atoms with Gasteiger partial charge in [-0.2, -0.15) is 4.68 Å². The standard InChI is InChI=1S/C21H23N5O3S/c1-2-3-4-15-5-8-17(9-6-15)26-21(23-24-25-26)30-14-20(27)22-16-7-10-18-19(13-16)29-12-11-28-18/h5-10,13H,2-4,11-12,14H2,1H3,(H,22,27). The van der Waals surface area contributed by atoms with Crippen LogP contribution in [0, 0.1) is 0 Å². The quantitative estimate of drug-likeness (QED) is 0.552. The molecule has 0 radical (unpaired) electrons. The van der Waals surface area contributed by atoms with Crippen LogP contribution in [0.1, 0.15) is 25.3 Å². The minimum absolute atomic E-state index is 0.152. The van der Waals surface area contributed by atoms with Gasteiger partial charge in [0.25, 0.3) is 0 Å². The lowest BCUT2D eigenvalue weighted by Crippen LogP contribution is -2.17. The molecule has 9 heteroatoms. The average Bonchev–Trinajstić information content (AvgIpc) is 3.25. The van der Waals surface area contributed by atoms with E-state index in [1.54, 1.807) is 22.9 Å². The van der Waals surface area contributed by atoms with Gasteiger partial charge in [-0.1, -0.05) is 37.2 Å². The van der Waals surface area contributed by atoms with E-state index in [1.165, 1.54) is 30.2 Å². The summed E-state index contributed by atoms with van der Waals surface area (Å²) in [6.07, 6.45) is 3.40. The maximum absolute atomic E-state index is 12.4. The van der Waals surface area contributed by atoms with Crippen molar-refractivity contribution in [2.45, 2.75) is 31.3 Å². The normalized spacial score (nSPS) is 12.6. The minimum atomic E-state index is -0.152. The summed E-state index contributed by atoms with van der Waals surface area (Å²) in [5.74, 6) is 1.36. The number of rotatable bonds is 8. The monoisotopic (exact) mass is 425 g/mol. The van der Waals surface area contributed by atoms with Crippen molar-refractivity contribution in [2.75, 3.05) is 24.3 Å². The summed E-state index contributed by atoms with van der Waals surface area (Å²) in [5.41, 5.74) is 2.82. The largest absolute Gasteiger partial charge is 0.486 e.